The normalized spacial score (nSPS) is 11.4. The van der Waals surface area contributed by atoms with Crippen molar-refractivity contribution in [2.75, 3.05) is 4.90 Å². The van der Waals surface area contributed by atoms with Gasteiger partial charge >= 0.3 is 6.09 Å². The van der Waals surface area contributed by atoms with E-state index >= 15 is 0 Å². The van der Waals surface area contributed by atoms with Crippen LogP contribution in [-0.4, -0.2) is 23.4 Å². The van der Waals surface area contributed by atoms with Crippen LogP contribution >= 0.6 is 15.9 Å². The van der Waals surface area contributed by atoms with Crippen molar-refractivity contribution in [1.29, 1.82) is 0 Å². The summed E-state index contributed by atoms with van der Waals surface area (Å²) in [6.45, 7) is 5.55. The maximum Gasteiger partial charge on any atom is 0.404 e. The van der Waals surface area contributed by atoms with Crippen molar-refractivity contribution >= 4 is 50.5 Å². The molecule has 4 N–H and O–H groups in total. The van der Waals surface area contributed by atoms with E-state index in [1.165, 1.54) is 4.90 Å². The van der Waals surface area contributed by atoms with E-state index in [0.29, 0.717) is 27.8 Å². The molecule has 0 saturated carbocycles. The van der Waals surface area contributed by atoms with Crippen LogP contribution in [0, 0.1) is 0 Å². The molecule has 2 aromatic carbocycles. The Hall–Kier alpha value is -3.33. The van der Waals surface area contributed by atoms with Gasteiger partial charge in [0.25, 0.3) is 11.8 Å². The van der Waals surface area contributed by atoms with Crippen molar-refractivity contribution in [2.24, 2.45) is 11.5 Å². The molecule has 0 spiro atoms. The van der Waals surface area contributed by atoms with Crippen molar-refractivity contribution in [3.63, 3.8) is 0 Å². The molecule has 162 valence electrons. The highest BCUT2D eigenvalue weighted by molar-refractivity contribution is 9.10. The first kappa shape index (κ1) is 22.4. The zero-order chi connectivity index (χ0) is 22.9. The minimum Gasteiger partial charge on any atom is -0.449 e. The van der Waals surface area contributed by atoms with E-state index in [-0.39, 0.29) is 18.3 Å². The third-order valence-electron chi connectivity index (χ3n) is 4.53. The molecule has 3 aromatic rings. The van der Waals surface area contributed by atoms with E-state index in [1.54, 1.807) is 42.5 Å². The molecule has 3 amide bonds. The smallest absolute Gasteiger partial charge is 0.404 e. The minimum atomic E-state index is -0.879. The number of nitrogens with two attached hydrogens (primary N) is 2. The number of primary amides is 2. The van der Waals surface area contributed by atoms with Crippen LogP contribution in [0.3, 0.4) is 0 Å². The molecule has 0 bridgehead atoms. The number of ether oxygens (including phenoxy) is 1. The number of hydrogen-bond acceptors (Lipinski definition) is 5. The fourth-order valence-electron chi connectivity index (χ4n) is 3.21. The van der Waals surface area contributed by atoms with Crippen LogP contribution in [0.25, 0.3) is 11.0 Å². The van der Waals surface area contributed by atoms with Crippen LogP contribution in [0.5, 0.6) is 0 Å². The standard InChI is InChI=1S/C22H22BrN3O5/c1-22(2,3)26(20(28)13-6-4-12(5-7-13)11-30-21(25)29)17-15-10-14(23)8-9-16(15)31-18(17)19(24)27/h4-10H,11H2,1-3H3,(H2,24,27)(H2,25,29). The molecular formula is C22H22BrN3O5. The van der Waals surface area contributed by atoms with Crippen LogP contribution in [0.2, 0.25) is 0 Å². The molecule has 1 aromatic heterocycles. The van der Waals surface area contributed by atoms with Gasteiger partial charge < -0.3 is 20.6 Å². The third-order valence-corrected chi connectivity index (χ3v) is 5.02. The summed E-state index contributed by atoms with van der Waals surface area (Å²) in [5.74, 6) is -1.22. The number of furan rings is 1. The van der Waals surface area contributed by atoms with Crippen LogP contribution in [0.1, 0.15) is 47.2 Å². The number of rotatable bonds is 5. The van der Waals surface area contributed by atoms with E-state index in [0.717, 1.165) is 4.47 Å². The van der Waals surface area contributed by atoms with E-state index < -0.39 is 17.5 Å². The Bertz CT molecular complexity index is 1160. The molecule has 9 heteroatoms. The number of anilines is 1. The van der Waals surface area contributed by atoms with E-state index in [2.05, 4.69) is 15.9 Å². The Morgan fingerprint density at radius 2 is 1.71 bits per heavy atom. The Morgan fingerprint density at radius 1 is 1.06 bits per heavy atom. The highest BCUT2D eigenvalue weighted by Gasteiger charge is 2.35. The lowest BCUT2D eigenvalue weighted by Gasteiger charge is -2.35. The van der Waals surface area contributed by atoms with Crippen LogP contribution < -0.4 is 16.4 Å². The number of benzene rings is 2. The van der Waals surface area contributed by atoms with E-state index in [4.69, 9.17) is 20.6 Å². The average molecular weight is 488 g/mol. The van der Waals surface area contributed by atoms with Crippen molar-refractivity contribution in [2.45, 2.75) is 32.9 Å². The Morgan fingerprint density at radius 3 is 2.26 bits per heavy atom. The second kappa shape index (κ2) is 8.43. The SMILES string of the molecule is CC(C)(C)N(C(=O)c1ccc(COC(N)=O)cc1)c1c(C(N)=O)oc2ccc(Br)cc12. The number of nitrogens with zero attached hydrogens (tertiary/aromatic N) is 1. The lowest BCUT2D eigenvalue weighted by molar-refractivity contribution is 0.0962. The average Bonchev–Trinajstić information content (AvgIpc) is 3.04. The fraction of sp³-hybridized carbons (Fsp3) is 0.227. The lowest BCUT2D eigenvalue weighted by Crippen LogP contribution is -2.46. The second-order valence-corrected chi connectivity index (χ2v) is 8.82. The predicted molar refractivity (Wildman–Crippen MR) is 120 cm³/mol. The zero-order valence-corrected chi connectivity index (χ0v) is 18.9. The van der Waals surface area contributed by atoms with Crippen LogP contribution in [0.4, 0.5) is 10.5 Å². The number of hydrogen-bond donors (Lipinski definition) is 2. The van der Waals surface area contributed by atoms with Crippen LogP contribution in [-0.2, 0) is 11.3 Å². The first-order chi connectivity index (χ1) is 14.5. The van der Waals surface area contributed by atoms with Gasteiger partial charge in [-0.3, -0.25) is 14.5 Å². The first-order valence-electron chi connectivity index (χ1n) is 9.36. The van der Waals surface area contributed by atoms with Gasteiger partial charge in [-0.05, 0) is 56.7 Å². The van der Waals surface area contributed by atoms with Gasteiger partial charge in [0.05, 0.1) is 0 Å². The zero-order valence-electron chi connectivity index (χ0n) is 17.3. The summed E-state index contributed by atoms with van der Waals surface area (Å²) in [4.78, 5) is 38.0. The number of amides is 3. The molecule has 31 heavy (non-hydrogen) atoms. The summed E-state index contributed by atoms with van der Waals surface area (Å²) >= 11 is 3.42. The van der Waals surface area contributed by atoms with Gasteiger partial charge in [-0.2, -0.15) is 0 Å². The third kappa shape index (κ3) is 4.72. The number of carbonyl (C=O) groups excluding carboxylic acids is 3. The van der Waals surface area contributed by atoms with E-state index in [1.807, 2.05) is 20.8 Å². The number of fused-ring (bicyclic) bond motifs is 1. The second-order valence-electron chi connectivity index (χ2n) is 7.90. The summed E-state index contributed by atoms with van der Waals surface area (Å²) in [7, 11) is 0. The summed E-state index contributed by atoms with van der Waals surface area (Å²) in [5, 5.41) is 0.581. The van der Waals surface area contributed by atoms with Crippen molar-refractivity contribution < 1.29 is 23.5 Å². The van der Waals surface area contributed by atoms with Gasteiger partial charge in [0, 0.05) is 21.0 Å². The Balaban J connectivity index is 2.11. The quantitative estimate of drug-likeness (QED) is 0.552. The molecule has 0 fully saturated rings. The molecule has 0 unspecified atom stereocenters. The Kier molecular flexibility index (Phi) is 6.08. The van der Waals surface area contributed by atoms with Gasteiger partial charge in [-0.15, -0.1) is 0 Å². The van der Waals surface area contributed by atoms with Gasteiger partial charge in [0.15, 0.2) is 0 Å². The molecule has 0 radical (unpaired) electrons. The number of halogens is 1. The maximum atomic E-state index is 13.6. The molecule has 0 atom stereocenters. The van der Waals surface area contributed by atoms with Gasteiger partial charge in [0.2, 0.25) is 5.76 Å². The molecule has 0 aliphatic heterocycles. The summed E-state index contributed by atoms with van der Waals surface area (Å²) < 4.78 is 11.2. The molecule has 1 heterocycles. The summed E-state index contributed by atoms with van der Waals surface area (Å²) in [6.07, 6.45) is -0.879. The minimum absolute atomic E-state index is 0.000985. The molecular weight excluding hydrogens is 466 g/mol. The highest BCUT2D eigenvalue weighted by Crippen LogP contribution is 2.39. The molecule has 3 rings (SSSR count). The maximum absolute atomic E-state index is 13.6. The van der Waals surface area contributed by atoms with Gasteiger partial charge in [-0.25, -0.2) is 4.79 Å². The number of carbonyl (C=O) groups is 3. The van der Waals surface area contributed by atoms with E-state index in [9.17, 15) is 14.4 Å². The lowest BCUT2D eigenvalue weighted by atomic mass is 10.0. The topological polar surface area (TPSA) is 129 Å². The molecule has 8 nitrogen and oxygen atoms in total. The molecule has 0 aliphatic rings. The largest absolute Gasteiger partial charge is 0.449 e. The van der Waals surface area contributed by atoms with Crippen molar-refractivity contribution in [3.05, 3.63) is 63.8 Å². The fourth-order valence-corrected chi connectivity index (χ4v) is 3.58. The van der Waals surface area contributed by atoms with Gasteiger partial charge in [0.1, 0.15) is 17.9 Å². The molecule has 0 saturated heterocycles. The van der Waals surface area contributed by atoms with Gasteiger partial charge in [-0.1, -0.05) is 28.1 Å². The van der Waals surface area contributed by atoms with Crippen molar-refractivity contribution in [3.8, 4) is 0 Å². The first-order valence-corrected chi connectivity index (χ1v) is 10.2. The molecule has 0 aliphatic carbocycles. The van der Waals surface area contributed by atoms with Crippen molar-refractivity contribution in [1.82, 2.24) is 0 Å². The Labute approximate surface area is 187 Å². The summed E-state index contributed by atoms with van der Waals surface area (Å²) in [5.41, 5.74) is 11.6. The monoisotopic (exact) mass is 487 g/mol. The van der Waals surface area contributed by atoms with Crippen LogP contribution in [0.15, 0.2) is 51.4 Å². The predicted octanol–water partition coefficient (Wildman–Crippen LogP) is 4.33. The highest BCUT2D eigenvalue weighted by atomic mass is 79.9. The summed E-state index contributed by atoms with van der Waals surface area (Å²) in [6, 6.07) is 11.8.